The molecule has 0 saturated carbocycles. The maximum Gasteiger partial charge on any atom is -0.00133 e. The largest absolute Gasteiger partial charge is 0.0587 e. The van der Waals surface area contributed by atoms with Gasteiger partial charge in [-0.25, -0.2) is 0 Å². The van der Waals surface area contributed by atoms with E-state index >= 15 is 0 Å². The van der Waals surface area contributed by atoms with Crippen LogP contribution in [0.5, 0.6) is 0 Å². The molecule has 0 fully saturated rings. The van der Waals surface area contributed by atoms with E-state index in [1.807, 2.05) is 0 Å². The van der Waals surface area contributed by atoms with Gasteiger partial charge in [-0.05, 0) is 273 Å². The van der Waals surface area contributed by atoms with Gasteiger partial charge in [-0.15, -0.1) is 0 Å². The van der Waals surface area contributed by atoms with E-state index in [4.69, 9.17) is 0 Å². The molecule has 0 N–H and O–H groups in total. The lowest BCUT2D eigenvalue weighted by atomic mass is 9.84. The highest BCUT2D eigenvalue weighted by molar-refractivity contribution is 6.08. The van der Waals surface area contributed by atoms with E-state index in [1.54, 1.807) is 0 Å². The maximum absolute atomic E-state index is 2.33. The normalized spacial score (nSPS) is 11.8. The maximum atomic E-state index is 2.33. The second-order valence-electron chi connectivity index (χ2n) is 29.9. The second kappa shape index (κ2) is 31.1. The Hall–Kier alpha value is -10.9. The first-order valence-corrected chi connectivity index (χ1v) is 37.0. The third-order valence-corrected chi connectivity index (χ3v) is 20.7. The van der Waals surface area contributed by atoms with E-state index in [2.05, 4.69) is 376 Å². The Kier molecular flexibility index (Phi) is 21.3. The highest BCUT2D eigenvalue weighted by Gasteiger charge is 2.19. The summed E-state index contributed by atoms with van der Waals surface area (Å²) in [5.74, 6) is 0. The molecular formula is C103H98. The lowest BCUT2D eigenvalue weighted by Gasteiger charge is -2.20. The van der Waals surface area contributed by atoms with E-state index in [1.165, 1.54) is 235 Å². The molecule has 16 aromatic rings. The predicted octanol–water partition coefficient (Wildman–Crippen LogP) is 28.1. The summed E-state index contributed by atoms with van der Waals surface area (Å²) in [5, 5.41) is 16.0. The highest BCUT2D eigenvalue weighted by Crippen LogP contribution is 2.39. The minimum atomic E-state index is 1.11. The Morgan fingerprint density at radius 1 is 0.136 bits per heavy atom. The number of benzene rings is 16. The quantitative estimate of drug-likeness (QED) is 0.105. The molecule has 3 aliphatic rings. The average Bonchev–Trinajstić information content (AvgIpc) is 1.62. The van der Waals surface area contributed by atoms with Crippen LogP contribution in [0.3, 0.4) is 0 Å². The van der Waals surface area contributed by atoms with Crippen molar-refractivity contribution in [1.29, 1.82) is 0 Å². The van der Waals surface area contributed by atoms with Crippen molar-refractivity contribution in [3.63, 3.8) is 0 Å². The molecule has 0 atom stereocenters. The Morgan fingerprint density at radius 2 is 0.311 bits per heavy atom. The van der Waals surface area contributed by atoms with E-state index in [0.717, 1.165) is 6.42 Å². The fraction of sp³-hybridized carbons (Fsp3) is 0.184. The van der Waals surface area contributed by atoms with Crippen LogP contribution in [-0.4, -0.2) is 0 Å². The first-order valence-electron chi connectivity index (χ1n) is 37.0. The number of aryl methyl sites for hydroxylation is 18. The van der Waals surface area contributed by atoms with Gasteiger partial charge in [0.25, 0.3) is 0 Å². The second-order valence-corrected chi connectivity index (χ2v) is 29.9. The van der Waals surface area contributed by atoms with Crippen LogP contribution in [-0.2, 0) is 32.1 Å². The molecule has 103 heavy (non-hydrogen) atoms. The Morgan fingerprint density at radius 3 is 0.592 bits per heavy atom. The van der Waals surface area contributed by atoms with Gasteiger partial charge in [-0.3, -0.25) is 0 Å². The van der Waals surface area contributed by atoms with Crippen molar-refractivity contribution in [2.75, 3.05) is 0 Å². The zero-order chi connectivity index (χ0) is 72.0. The minimum Gasteiger partial charge on any atom is -0.0587 e. The number of rotatable bonds is 0. The first kappa shape index (κ1) is 70.5. The molecule has 0 saturated heterocycles. The van der Waals surface area contributed by atoms with Crippen LogP contribution in [0, 0.1) is 96.9 Å². The van der Waals surface area contributed by atoms with Crippen LogP contribution in [0.4, 0.5) is 0 Å². The van der Waals surface area contributed by atoms with Crippen LogP contribution in [0.25, 0.3) is 98.0 Å². The molecule has 0 radical (unpaired) electrons. The fourth-order valence-electron chi connectivity index (χ4n) is 15.3. The molecule has 0 unspecified atom stereocenters. The predicted molar refractivity (Wildman–Crippen MR) is 450 cm³/mol. The summed E-state index contributed by atoms with van der Waals surface area (Å²) in [6.45, 7) is 30.1. The Labute approximate surface area is 613 Å². The van der Waals surface area contributed by atoms with E-state index in [0.29, 0.717) is 0 Å². The summed E-state index contributed by atoms with van der Waals surface area (Å²) in [6.07, 6.45) is 5.86. The zero-order valence-electron chi connectivity index (χ0n) is 63.1. The van der Waals surface area contributed by atoms with E-state index in [-0.39, 0.29) is 0 Å². The molecule has 0 heterocycles. The van der Waals surface area contributed by atoms with Crippen LogP contribution < -0.4 is 0 Å². The Balaban J connectivity index is 0.000000107. The van der Waals surface area contributed by atoms with Gasteiger partial charge in [0.15, 0.2) is 0 Å². The lowest BCUT2D eigenvalue weighted by molar-refractivity contribution is 0.937. The van der Waals surface area contributed by atoms with Crippen molar-refractivity contribution in [1.82, 2.24) is 0 Å². The number of hydrogen-bond acceptors (Lipinski definition) is 0. The molecule has 0 spiro atoms. The minimum absolute atomic E-state index is 1.11. The van der Waals surface area contributed by atoms with Crippen molar-refractivity contribution in [2.45, 2.75) is 129 Å². The molecule has 3 aliphatic carbocycles. The van der Waals surface area contributed by atoms with Crippen molar-refractivity contribution in [3.8, 4) is 33.4 Å². The topological polar surface area (TPSA) is 0 Å². The SMILES string of the molecule is Cc1ccc2c(c1)CCc1cc(C)ccc1-2.Cc1ccc2c(c1)CCc1cc(C)ccc1-2.Cc1ccc2c(c1)Cc1cc(C)ccc1-2.Cc1ccc2c(ccc3cc(C)ccc32)c1.Cc1ccc2cc(C)ccc2c1.Cc1ccc2cc3cc(C)ccc3cc2c1.Cc1ccc2ccc(C)cc2c1. The summed E-state index contributed by atoms with van der Waals surface area (Å²) in [7, 11) is 0. The van der Waals surface area contributed by atoms with E-state index < -0.39 is 0 Å². The number of fused-ring (bicyclic) bond motifs is 16. The zero-order valence-corrected chi connectivity index (χ0v) is 63.1. The Bertz CT molecular complexity index is 5350. The van der Waals surface area contributed by atoms with Gasteiger partial charge in [0.1, 0.15) is 0 Å². The van der Waals surface area contributed by atoms with Crippen molar-refractivity contribution in [2.24, 2.45) is 0 Å². The molecule has 0 nitrogen and oxygen atoms in total. The van der Waals surface area contributed by atoms with Crippen LogP contribution >= 0.6 is 0 Å². The van der Waals surface area contributed by atoms with Crippen LogP contribution in [0.1, 0.15) is 111 Å². The van der Waals surface area contributed by atoms with Crippen molar-refractivity contribution >= 4 is 64.6 Å². The molecule has 510 valence electrons. The van der Waals surface area contributed by atoms with Crippen LogP contribution in [0.2, 0.25) is 0 Å². The van der Waals surface area contributed by atoms with Crippen molar-refractivity contribution < 1.29 is 0 Å². The summed E-state index contributed by atoms with van der Waals surface area (Å²) in [6, 6.07) is 103. The van der Waals surface area contributed by atoms with Crippen LogP contribution in [0.15, 0.2) is 279 Å². The molecule has 19 rings (SSSR count). The summed E-state index contributed by atoms with van der Waals surface area (Å²) < 4.78 is 0. The smallest absolute Gasteiger partial charge is 0.00133 e. The van der Waals surface area contributed by atoms with Gasteiger partial charge in [0, 0.05) is 0 Å². The van der Waals surface area contributed by atoms with Gasteiger partial charge in [0.2, 0.25) is 0 Å². The third kappa shape index (κ3) is 17.0. The average molecular weight is 1340 g/mol. The molecule has 0 aromatic heterocycles. The lowest BCUT2D eigenvalue weighted by Crippen LogP contribution is -2.04. The number of hydrogen-bond donors (Lipinski definition) is 0. The first-order chi connectivity index (χ1) is 49.7. The van der Waals surface area contributed by atoms with E-state index in [9.17, 15) is 0 Å². The fourth-order valence-corrected chi connectivity index (χ4v) is 15.3. The molecular weight excluding hydrogens is 1240 g/mol. The third-order valence-electron chi connectivity index (χ3n) is 20.7. The molecule has 0 heteroatoms. The van der Waals surface area contributed by atoms with Gasteiger partial charge in [-0.2, -0.15) is 0 Å². The summed E-state index contributed by atoms with van der Waals surface area (Å²) in [4.78, 5) is 0. The van der Waals surface area contributed by atoms with Gasteiger partial charge in [0.05, 0.1) is 0 Å². The molecule has 16 aromatic carbocycles. The molecule has 0 aliphatic heterocycles. The summed E-state index contributed by atoms with van der Waals surface area (Å²) in [5.41, 5.74) is 36.4. The monoisotopic (exact) mass is 1330 g/mol. The standard InChI is InChI=1S/2C16H16.2C16H14.C15H14.2C12H12/c3*1-11-3-7-15-13(9-11)5-6-14-10-12(2)4-8-16(14)15;1-11-3-5-13-10-16-8-12(2)4-6-14(16)9-15(13)7-11;1-10-3-5-14-12(7-10)9-13-8-11(2)4-6-15(13)14;1-9-3-5-12-8-10(2)4-6-11(12)7-9;1-9-3-5-11-6-4-10(2)8-12(11)7-9/h2*3-4,7-10H,5-6H2,1-2H3;2*3-10H,1-2H3;3-8H,9H2,1-2H3;2*3-8H,1-2H3. The molecule has 0 bridgehead atoms. The van der Waals surface area contributed by atoms with Crippen molar-refractivity contribution in [3.05, 3.63) is 390 Å². The van der Waals surface area contributed by atoms with Gasteiger partial charge in [-0.1, -0.05) is 345 Å². The summed E-state index contributed by atoms with van der Waals surface area (Å²) >= 11 is 0. The molecule has 0 amide bonds. The van der Waals surface area contributed by atoms with Gasteiger partial charge < -0.3 is 0 Å². The highest BCUT2D eigenvalue weighted by atomic mass is 14.2. The van der Waals surface area contributed by atoms with Gasteiger partial charge >= 0.3 is 0 Å².